The molecule has 0 spiro atoms. The number of aryl methyl sites for hydroxylation is 1. The van der Waals surface area contributed by atoms with Crippen LogP contribution in [-0.2, 0) is 16.0 Å². The Labute approximate surface area is 262 Å². The number of hydrogen-bond donors (Lipinski definition) is 1. The smallest absolute Gasteiger partial charge is 0.352 e. The molecule has 7 rings (SSSR count). The maximum absolute atomic E-state index is 13.7. The molecule has 3 saturated carbocycles. The van der Waals surface area contributed by atoms with E-state index in [1.807, 2.05) is 17.8 Å². The minimum atomic E-state index is -1.57. The summed E-state index contributed by atoms with van der Waals surface area (Å²) in [6, 6.07) is 5.36. The van der Waals surface area contributed by atoms with Gasteiger partial charge < -0.3 is 9.84 Å². The molecule has 2 heterocycles. The summed E-state index contributed by atoms with van der Waals surface area (Å²) < 4.78 is 39.1. The van der Waals surface area contributed by atoms with Crippen molar-refractivity contribution in [2.75, 3.05) is 6.01 Å². The highest BCUT2D eigenvalue weighted by Gasteiger charge is 2.70. The maximum Gasteiger partial charge on any atom is 0.352 e. The van der Waals surface area contributed by atoms with Gasteiger partial charge in [0.25, 0.3) is 0 Å². The summed E-state index contributed by atoms with van der Waals surface area (Å²) in [5.74, 6) is -0.983. The molecular formula is C32H34F2N4O4S2. The molecule has 1 aromatic carbocycles. The summed E-state index contributed by atoms with van der Waals surface area (Å²) in [6.45, 7) is 5.84. The van der Waals surface area contributed by atoms with Crippen LogP contribution in [-0.4, -0.2) is 53.3 Å². The number of carbonyl (C=O) groups is 2. The van der Waals surface area contributed by atoms with Crippen molar-refractivity contribution < 1.29 is 28.2 Å². The molecule has 7 atom stereocenters. The first-order valence-electron chi connectivity index (χ1n) is 15.0. The van der Waals surface area contributed by atoms with Gasteiger partial charge in [-0.25, -0.2) is 18.3 Å². The number of halogens is 2. The number of allylic oxidation sites excluding steroid dienone is 1. The lowest BCUT2D eigenvalue weighted by atomic mass is 9.45. The molecule has 0 radical (unpaired) electrons. The number of aliphatic hydroxyl groups excluding tert-OH is 1. The first-order valence-corrected chi connectivity index (χ1v) is 16.8. The lowest BCUT2D eigenvalue weighted by molar-refractivity contribution is -0.174. The van der Waals surface area contributed by atoms with E-state index in [0.717, 1.165) is 41.3 Å². The van der Waals surface area contributed by atoms with Crippen LogP contribution in [0.5, 0.6) is 0 Å². The van der Waals surface area contributed by atoms with Gasteiger partial charge in [-0.15, -0.1) is 5.10 Å². The van der Waals surface area contributed by atoms with Gasteiger partial charge in [-0.2, -0.15) is 5.10 Å². The molecule has 12 heteroatoms. The third-order valence-electron chi connectivity index (χ3n) is 11.2. The summed E-state index contributed by atoms with van der Waals surface area (Å²) in [5, 5.41) is 20.1. The Morgan fingerprint density at radius 3 is 2.70 bits per heavy atom. The zero-order valence-electron chi connectivity index (χ0n) is 24.8. The molecule has 3 fully saturated rings. The lowest BCUT2D eigenvalue weighted by Gasteiger charge is -2.60. The molecule has 0 amide bonds. The second-order valence-corrected chi connectivity index (χ2v) is 14.8. The Balaban J connectivity index is 1.23. The van der Waals surface area contributed by atoms with Crippen LogP contribution in [0, 0.1) is 41.3 Å². The molecule has 44 heavy (non-hydrogen) atoms. The summed E-state index contributed by atoms with van der Waals surface area (Å²) in [4.78, 5) is 27.4. The number of ether oxygens (including phenoxy) is 1. The van der Waals surface area contributed by atoms with Gasteiger partial charge in [-0.1, -0.05) is 23.9 Å². The van der Waals surface area contributed by atoms with E-state index in [2.05, 4.69) is 27.7 Å². The van der Waals surface area contributed by atoms with E-state index in [9.17, 15) is 23.5 Å². The van der Waals surface area contributed by atoms with Gasteiger partial charge >= 0.3 is 5.97 Å². The molecule has 2 aromatic heterocycles. The summed E-state index contributed by atoms with van der Waals surface area (Å²) >= 11 is 1.45. The molecule has 0 saturated heterocycles. The Hall–Kier alpha value is -2.96. The average molecular weight is 641 g/mol. The third-order valence-corrected chi connectivity index (χ3v) is 12.7. The summed E-state index contributed by atoms with van der Waals surface area (Å²) in [5.41, 5.74) is 1.73. The van der Waals surface area contributed by atoms with Crippen molar-refractivity contribution in [1.82, 2.24) is 19.4 Å². The maximum atomic E-state index is 13.7. The largest absolute Gasteiger partial charge is 0.445 e. The predicted molar refractivity (Wildman–Crippen MR) is 162 cm³/mol. The number of nitrogens with zero attached hydrogens (tertiary/aromatic N) is 4. The zero-order chi connectivity index (χ0) is 31.0. The van der Waals surface area contributed by atoms with Crippen molar-refractivity contribution in [3.63, 3.8) is 0 Å². The number of rotatable bonds is 5. The zero-order valence-corrected chi connectivity index (χ0v) is 26.4. The van der Waals surface area contributed by atoms with Crippen LogP contribution in [0.15, 0.2) is 36.0 Å². The van der Waals surface area contributed by atoms with Gasteiger partial charge in [0.2, 0.25) is 5.12 Å². The SMILES string of the molecule is Cc1nnsc1C(=O)O[C@]1(C(=O)SCF)CC[C@H]2[C@@H]3CCC4=Cc5c(cnn5-c5ccc(F)cc5)C[C@]4(C)[C@H]3[C@@H](O)C[C@@]21C. The Morgan fingerprint density at radius 2 is 2.00 bits per heavy atom. The number of benzene rings is 1. The predicted octanol–water partition coefficient (Wildman–Crippen LogP) is 6.11. The van der Waals surface area contributed by atoms with Crippen molar-refractivity contribution in [1.29, 1.82) is 0 Å². The second kappa shape index (κ2) is 10.6. The van der Waals surface area contributed by atoms with Gasteiger partial charge in [0, 0.05) is 5.41 Å². The highest BCUT2D eigenvalue weighted by atomic mass is 32.2. The van der Waals surface area contributed by atoms with Crippen LogP contribution in [0.1, 0.15) is 72.6 Å². The van der Waals surface area contributed by atoms with Gasteiger partial charge in [-0.05, 0) is 128 Å². The number of fused-ring (bicyclic) bond motifs is 6. The molecule has 3 aromatic rings. The fourth-order valence-corrected chi connectivity index (χ4v) is 10.5. The number of aliphatic hydroxyl groups is 1. The molecular weight excluding hydrogens is 607 g/mol. The average Bonchev–Trinajstić information content (AvgIpc) is 3.67. The van der Waals surface area contributed by atoms with Crippen LogP contribution in [0.25, 0.3) is 11.8 Å². The topological polar surface area (TPSA) is 107 Å². The van der Waals surface area contributed by atoms with E-state index in [1.54, 1.807) is 19.1 Å². The molecule has 8 nitrogen and oxygen atoms in total. The van der Waals surface area contributed by atoms with Gasteiger partial charge in [0.1, 0.15) is 11.8 Å². The van der Waals surface area contributed by atoms with Crippen LogP contribution in [0.3, 0.4) is 0 Å². The van der Waals surface area contributed by atoms with Crippen molar-refractivity contribution in [2.24, 2.45) is 28.6 Å². The van der Waals surface area contributed by atoms with E-state index < -0.39 is 34.2 Å². The monoisotopic (exact) mass is 640 g/mol. The number of thioether (sulfide) groups is 1. The van der Waals surface area contributed by atoms with Gasteiger partial charge in [-0.3, -0.25) is 4.79 Å². The normalized spacial score (nSPS) is 33.9. The van der Waals surface area contributed by atoms with Crippen LogP contribution in [0.2, 0.25) is 0 Å². The fourth-order valence-electron chi connectivity index (χ4n) is 9.29. The van der Waals surface area contributed by atoms with E-state index in [1.165, 1.54) is 17.7 Å². The van der Waals surface area contributed by atoms with E-state index in [-0.39, 0.29) is 46.7 Å². The minimum Gasteiger partial charge on any atom is -0.445 e. The quantitative estimate of drug-likeness (QED) is 0.333. The molecule has 0 unspecified atom stereocenters. The number of carbonyl (C=O) groups excluding carboxylic acids is 2. The van der Waals surface area contributed by atoms with E-state index >= 15 is 0 Å². The molecule has 232 valence electrons. The highest BCUT2D eigenvalue weighted by Crippen LogP contribution is 2.69. The van der Waals surface area contributed by atoms with Crippen LogP contribution < -0.4 is 0 Å². The van der Waals surface area contributed by atoms with Crippen LogP contribution >= 0.6 is 23.3 Å². The standard InChI is InChI=1S/C32H34F2N4O4S2/c1-17-27(44-37-36-17)28(40)42-32(29(41)43-16-33)11-10-23-22-9-4-19-12-24-18(15-35-38(24)21-7-5-20(34)6-8-21)13-30(19,2)26(22)25(39)14-31(23,32)3/h5-8,12,15,22-23,25-26,39H,4,9-11,13-14,16H2,1-3H3/t22-,23-,25-,26+,30-,31-,32-/m0/s1. The highest BCUT2D eigenvalue weighted by molar-refractivity contribution is 8.13. The van der Waals surface area contributed by atoms with Crippen LogP contribution in [0.4, 0.5) is 8.78 Å². The number of alkyl halides is 1. The van der Waals surface area contributed by atoms with Gasteiger partial charge in [0.05, 0.1) is 29.4 Å². The summed E-state index contributed by atoms with van der Waals surface area (Å²) in [6.07, 6.45) is 6.80. The fraction of sp³-hybridized carbons (Fsp3) is 0.531. The molecule has 4 aliphatic carbocycles. The van der Waals surface area contributed by atoms with Crippen molar-refractivity contribution in [2.45, 2.75) is 71.0 Å². The van der Waals surface area contributed by atoms with Crippen molar-refractivity contribution in [3.8, 4) is 5.69 Å². The Kier molecular flexibility index (Phi) is 7.13. The molecule has 1 N–H and O–H groups in total. The second-order valence-electron chi connectivity index (χ2n) is 13.2. The first kappa shape index (κ1) is 29.7. The summed E-state index contributed by atoms with van der Waals surface area (Å²) in [7, 11) is 0. The third kappa shape index (κ3) is 4.20. The Bertz CT molecular complexity index is 1670. The van der Waals surface area contributed by atoms with E-state index in [0.29, 0.717) is 30.3 Å². The van der Waals surface area contributed by atoms with E-state index in [4.69, 9.17) is 4.74 Å². The first-order chi connectivity index (χ1) is 21.0. The van der Waals surface area contributed by atoms with Crippen molar-refractivity contribution >= 4 is 40.5 Å². The minimum absolute atomic E-state index is 0.00439. The molecule has 4 aliphatic rings. The number of esters is 1. The molecule has 0 aliphatic heterocycles. The van der Waals surface area contributed by atoms with Crippen molar-refractivity contribution in [3.05, 3.63) is 63.7 Å². The Morgan fingerprint density at radius 1 is 1.23 bits per heavy atom. The number of hydrogen-bond acceptors (Lipinski definition) is 9. The number of aromatic nitrogens is 4. The van der Waals surface area contributed by atoms with Gasteiger partial charge in [0.15, 0.2) is 10.5 Å². The lowest BCUT2D eigenvalue weighted by Crippen LogP contribution is -2.62. The molecule has 0 bridgehead atoms.